The minimum absolute atomic E-state index is 0. The highest BCUT2D eigenvalue weighted by Gasteiger charge is 2.08. The molecule has 0 aliphatic carbocycles. The molecule has 0 spiro atoms. The maximum atomic E-state index is 11.7. The summed E-state index contributed by atoms with van der Waals surface area (Å²) in [7, 11) is 3.85. The number of amides is 1. The van der Waals surface area contributed by atoms with Gasteiger partial charge in [0.05, 0.1) is 0 Å². The van der Waals surface area contributed by atoms with Crippen LogP contribution in [0.25, 0.3) is 0 Å². The molecule has 0 aliphatic heterocycles. The molecular formula is C20H29IN4OS. The van der Waals surface area contributed by atoms with Gasteiger partial charge in [0.1, 0.15) is 0 Å². The van der Waals surface area contributed by atoms with E-state index in [1.165, 1.54) is 4.88 Å². The van der Waals surface area contributed by atoms with Crippen molar-refractivity contribution in [3.05, 3.63) is 52.2 Å². The maximum Gasteiger partial charge on any atom is 0.226 e. The Morgan fingerprint density at radius 3 is 2.48 bits per heavy atom. The fraction of sp³-hybridized carbons (Fsp3) is 0.400. The summed E-state index contributed by atoms with van der Waals surface area (Å²) >= 11 is 1.78. The number of hydrogen-bond donors (Lipinski definition) is 2. The van der Waals surface area contributed by atoms with E-state index < -0.39 is 0 Å². The summed E-state index contributed by atoms with van der Waals surface area (Å²) in [6.07, 6.45) is 1.01. The molecule has 2 aromatic rings. The summed E-state index contributed by atoms with van der Waals surface area (Å²) in [5, 5.41) is 8.40. The van der Waals surface area contributed by atoms with Crippen LogP contribution < -0.4 is 10.6 Å². The fourth-order valence-corrected chi connectivity index (χ4v) is 3.10. The van der Waals surface area contributed by atoms with Crippen LogP contribution in [-0.2, 0) is 17.8 Å². The van der Waals surface area contributed by atoms with Gasteiger partial charge in [0, 0.05) is 43.7 Å². The molecule has 2 rings (SSSR count). The molecule has 27 heavy (non-hydrogen) atoms. The predicted octanol–water partition coefficient (Wildman–Crippen LogP) is 4.21. The van der Waals surface area contributed by atoms with Crippen molar-refractivity contribution in [1.82, 2.24) is 10.2 Å². The van der Waals surface area contributed by atoms with Crippen LogP contribution in [0.4, 0.5) is 5.69 Å². The monoisotopic (exact) mass is 500 g/mol. The molecule has 1 amide bonds. The van der Waals surface area contributed by atoms with Gasteiger partial charge in [-0.25, -0.2) is 0 Å². The van der Waals surface area contributed by atoms with E-state index in [2.05, 4.69) is 38.0 Å². The zero-order chi connectivity index (χ0) is 18.9. The normalized spacial score (nSPS) is 11.1. The van der Waals surface area contributed by atoms with Gasteiger partial charge in [-0.2, -0.15) is 0 Å². The molecule has 0 bridgehead atoms. The third-order valence-electron chi connectivity index (χ3n) is 4.04. The summed E-state index contributed by atoms with van der Waals surface area (Å²) in [4.78, 5) is 19.6. The number of halogens is 1. The number of carbonyl (C=O) groups is 1. The van der Waals surface area contributed by atoms with Gasteiger partial charge in [0.2, 0.25) is 5.91 Å². The molecule has 0 saturated carbocycles. The van der Waals surface area contributed by atoms with Crippen molar-refractivity contribution >= 4 is 52.9 Å². The Kier molecular flexibility index (Phi) is 10.4. The predicted molar refractivity (Wildman–Crippen MR) is 126 cm³/mol. The molecule has 1 heterocycles. The molecule has 0 unspecified atom stereocenters. The number of thiophene rings is 1. The topological polar surface area (TPSA) is 56.7 Å². The van der Waals surface area contributed by atoms with Crippen LogP contribution in [0.1, 0.15) is 24.3 Å². The Morgan fingerprint density at radius 1 is 1.22 bits per heavy atom. The van der Waals surface area contributed by atoms with Gasteiger partial charge >= 0.3 is 0 Å². The van der Waals surface area contributed by atoms with Gasteiger partial charge in [0.25, 0.3) is 0 Å². The van der Waals surface area contributed by atoms with Crippen LogP contribution in [0.3, 0.4) is 0 Å². The second-order valence-corrected chi connectivity index (χ2v) is 7.52. The molecule has 5 nitrogen and oxygen atoms in total. The molecule has 148 valence electrons. The van der Waals surface area contributed by atoms with Crippen molar-refractivity contribution in [3.63, 3.8) is 0 Å². The number of benzene rings is 1. The second kappa shape index (κ2) is 12.0. The average Bonchev–Trinajstić information content (AvgIpc) is 3.15. The van der Waals surface area contributed by atoms with Crippen molar-refractivity contribution in [2.24, 2.45) is 10.9 Å². The highest BCUT2D eigenvalue weighted by atomic mass is 127. The van der Waals surface area contributed by atoms with Gasteiger partial charge < -0.3 is 15.5 Å². The first-order chi connectivity index (χ1) is 12.5. The Bertz CT molecular complexity index is 714. The number of carbonyl (C=O) groups excluding carboxylic acids is 1. The van der Waals surface area contributed by atoms with E-state index in [9.17, 15) is 4.79 Å². The van der Waals surface area contributed by atoms with Crippen molar-refractivity contribution in [2.75, 3.05) is 26.0 Å². The number of anilines is 1. The SMILES string of the molecule is CN=C(NCc1ccc(NC(=O)C(C)C)cc1)N(C)CCc1cccs1.I. The van der Waals surface area contributed by atoms with Gasteiger partial charge in [-0.1, -0.05) is 32.0 Å². The first-order valence-electron chi connectivity index (χ1n) is 8.83. The van der Waals surface area contributed by atoms with E-state index in [1.807, 2.05) is 45.2 Å². The summed E-state index contributed by atoms with van der Waals surface area (Å²) in [5.74, 6) is 0.881. The number of aliphatic imine (C=N–C) groups is 1. The summed E-state index contributed by atoms with van der Waals surface area (Å²) in [6, 6.07) is 12.1. The third kappa shape index (κ3) is 7.88. The summed E-state index contributed by atoms with van der Waals surface area (Å²) in [5.41, 5.74) is 1.96. The standard InChI is InChI=1S/C20H28N4OS.HI/c1-15(2)19(25)23-17-9-7-16(8-10-17)14-22-20(21-3)24(4)12-11-18-6-5-13-26-18;/h5-10,13,15H,11-12,14H2,1-4H3,(H,21,22)(H,23,25);1H. The van der Waals surface area contributed by atoms with Crippen LogP contribution >= 0.6 is 35.3 Å². The van der Waals surface area contributed by atoms with E-state index in [-0.39, 0.29) is 35.8 Å². The molecule has 1 aromatic carbocycles. The summed E-state index contributed by atoms with van der Waals surface area (Å²) in [6.45, 7) is 5.37. The minimum Gasteiger partial charge on any atom is -0.352 e. The number of rotatable bonds is 7. The van der Waals surface area contributed by atoms with Gasteiger partial charge in [-0.15, -0.1) is 35.3 Å². The van der Waals surface area contributed by atoms with Crippen LogP contribution in [0.5, 0.6) is 0 Å². The largest absolute Gasteiger partial charge is 0.352 e. The highest BCUT2D eigenvalue weighted by Crippen LogP contribution is 2.12. The van der Waals surface area contributed by atoms with Crippen molar-refractivity contribution in [2.45, 2.75) is 26.8 Å². The minimum atomic E-state index is -0.0237. The number of hydrogen-bond acceptors (Lipinski definition) is 3. The van der Waals surface area contributed by atoms with Crippen LogP contribution in [0, 0.1) is 5.92 Å². The first-order valence-corrected chi connectivity index (χ1v) is 9.71. The van der Waals surface area contributed by atoms with E-state index in [0.717, 1.165) is 30.2 Å². The van der Waals surface area contributed by atoms with Gasteiger partial charge in [-0.05, 0) is 35.6 Å². The molecule has 0 saturated heterocycles. The average molecular weight is 500 g/mol. The Hall–Kier alpha value is -1.61. The van der Waals surface area contributed by atoms with Crippen molar-refractivity contribution < 1.29 is 4.79 Å². The lowest BCUT2D eigenvalue weighted by molar-refractivity contribution is -0.118. The molecule has 0 fully saturated rings. The Labute approximate surface area is 183 Å². The van der Waals surface area contributed by atoms with E-state index in [0.29, 0.717) is 6.54 Å². The van der Waals surface area contributed by atoms with Crippen LogP contribution in [-0.4, -0.2) is 37.4 Å². The highest BCUT2D eigenvalue weighted by molar-refractivity contribution is 14.0. The molecule has 0 radical (unpaired) electrons. The Balaban J connectivity index is 0.00000364. The quantitative estimate of drug-likeness (QED) is 0.340. The lowest BCUT2D eigenvalue weighted by atomic mass is 10.1. The van der Waals surface area contributed by atoms with E-state index >= 15 is 0 Å². The molecular weight excluding hydrogens is 471 g/mol. The number of guanidine groups is 1. The molecule has 1 aromatic heterocycles. The number of nitrogens with zero attached hydrogens (tertiary/aromatic N) is 2. The number of likely N-dealkylation sites (N-methyl/N-ethyl adjacent to an activating group) is 1. The summed E-state index contributed by atoms with van der Waals surface area (Å²) < 4.78 is 0. The van der Waals surface area contributed by atoms with Crippen molar-refractivity contribution in [1.29, 1.82) is 0 Å². The van der Waals surface area contributed by atoms with E-state index in [4.69, 9.17) is 0 Å². The fourth-order valence-electron chi connectivity index (χ4n) is 2.40. The number of nitrogens with one attached hydrogen (secondary N) is 2. The van der Waals surface area contributed by atoms with E-state index in [1.54, 1.807) is 18.4 Å². The first kappa shape index (κ1) is 23.4. The Morgan fingerprint density at radius 2 is 1.93 bits per heavy atom. The lowest BCUT2D eigenvalue weighted by Crippen LogP contribution is -2.39. The molecule has 0 aliphatic rings. The zero-order valence-corrected chi connectivity index (χ0v) is 19.5. The zero-order valence-electron chi connectivity index (χ0n) is 16.4. The van der Waals surface area contributed by atoms with Gasteiger partial charge in [0.15, 0.2) is 5.96 Å². The molecule has 7 heteroatoms. The third-order valence-corrected chi connectivity index (χ3v) is 4.98. The van der Waals surface area contributed by atoms with Crippen molar-refractivity contribution in [3.8, 4) is 0 Å². The lowest BCUT2D eigenvalue weighted by Gasteiger charge is -2.22. The molecule has 2 N–H and O–H groups in total. The smallest absolute Gasteiger partial charge is 0.226 e. The maximum absolute atomic E-state index is 11.7. The van der Waals surface area contributed by atoms with Crippen LogP contribution in [0.2, 0.25) is 0 Å². The second-order valence-electron chi connectivity index (χ2n) is 6.49. The van der Waals surface area contributed by atoms with Crippen LogP contribution in [0.15, 0.2) is 46.8 Å². The van der Waals surface area contributed by atoms with Gasteiger partial charge in [-0.3, -0.25) is 9.79 Å². The molecule has 0 atom stereocenters.